The van der Waals surface area contributed by atoms with Crippen LogP contribution in [0, 0.1) is 5.92 Å². The second kappa shape index (κ2) is 7.56. The summed E-state index contributed by atoms with van der Waals surface area (Å²) in [6.07, 6.45) is 0.762. The Kier molecular flexibility index (Phi) is 5.73. The molecule has 0 radical (unpaired) electrons. The van der Waals surface area contributed by atoms with Gasteiger partial charge >= 0.3 is 0 Å². The number of Topliss-reactive ketones (excluding diaryl/α,β-unsaturated/α-hetero) is 1. The van der Waals surface area contributed by atoms with Gasteiger partial charge in [0.05, 0.1) is 5.41 Å². The number of nitrogens with zero attached hydrogens (tertiary/aromatic N) is 1. The highest BCUT2D eigenvalue weighted by atomic mass is 16.1. The number of carbonyl (C=O) groups excluding carboxylic acids is 1. The lowest BCUT2D eigenvalue weighted by Crippen LogP contribution is -2.42. The van der Waals surface area contributed by atoms with E-state index in [0.29, 0.717) is 5.78 Å². The van der Waals surface area contributed by atoms with Crippen LogP contribution >= 0.6 is 0 Å². The minimum absolute atomic E-state index is 0.0228. The predicted molar refractivity (Wildman–Crippen MR) is 96.7 cm³/mol. The Bertz CT molecular complexity index is 579. The van der Waals surface area contributed by atoms with Gasteiger partial charge in [-0.1, -0.05) is 74.5 Å². The van der Waals surface area contributed by atoms with Crippen LogP contribution in [0.3, 0.4) is 0 Å². The van der Waals surface area contributed by atoms with Gasteiger partial charge in [-0.25, -0.2) is 0 Å². The second-order valence-electron chi connectivity index (χ2n) is 6.52. The number of carbonyl (C=O) groups is 1. The molecule has 2 aromatic rings. The van der Waals surface area contributed by atoms with Gasteiger partial charge in [-0.2, -0.15) is 0 Å². The summed E-state index contributed by atoms with van der Waals surface area (Å²) >= 11 is 0. The van der Waals surface area contributed by atoms with Crippen molar-refractivity contribution in [2.75, 3.05) is 20.6 Å². The largest absolute Gasteiger partial charge is 0.309 e. The third-order valence-corrected chi connectivity index (χ3v) is 4.57. The molecule has 2 nitrogen and oxygen atoms in total. The SMILES string of the molecule is CCC(C(=O)[C@H](C)CN(C)C)(c1ccccc1)c1ccccc1. The van der Waals surface area contributed by atoms with Gasteiger partial charge in [0.25, 0.3) is 0 Å². The van der Waals surface area contributed by atoms with Crippen LogP contribution in [0.2, 0.25) is 0 Å². The quantitative estimate of drug-likeness (QED) is 0.766. The normalized spacial score (nSPS) is 13.1. The van der Waals surface area contributed by atoms with Crippen LogP contribution in [0.4, 0.5) is 0 Å². The highest BCUT2D eigenvalue weighted by Crippen LogP contribution is 2.38. The van der Waals surface area contributed by atoms with Gasteiger partial charge in [-0.3, -0.25) is 4.79 Å². The molecule has 0 aromatic heterocycles. The summed E-state index contributed by atoms with van der Waals surface area (Å²) in [5, 5.41) is 0. The highest BCUT2D eigenvalue weighted by molar-refractivity contribution is 5.95. The van der Waals surface area contributed by atoms with Crippen molar-refractivity contribution in [2.24, 2.45) is 5.92 Å². The standard InChI is InChI=1S/C21H27NO/c1-5-21(18-12-8-6-9-13-18,19-14-10-7-11-15-19)20(23)17(2)16-22(3)4/h6-15,17H,5,16H2,1-4H3/t17-/m1/s1. The topological polar surface area (TPSA) is 20.3 Å². The van der Waals surface area contributed by atoms with Crippen LogP contribution in [-0.2, 0) is 10.2 Å². The van der Waals surface area contributed by atoms with E-state index in [4.69, 9.17) is 0 Å². The zero-order chi connectivity index (χ0) is 16.9. The summed E-state index contributed by atoms with van der Waals surface area (Å²) in [5.74, 6) is 0.275. The summed E-state index contributed by atoms with van der Waals surface area (Å²) in [6.45, 7) is 4.92. The molecule has 2 aromatic carbocycles. The number of ketones is 1. The summed E-state index contributed by atoms with van der Waals surface area (Å²) in [6, 6.07) is 20.4. The molecule has 2 rings (SSSR count). The Labute approximate surface area is 140 Å². The highest BCUT2D eigenvalue weighted by Gasteiger charge is 2.42. The first-order chi connectivity index (χ1) is 11.0. The van der Waals surface area contributed by atoms with Crippen LogP contribution in [0.1, 0.15) is 31.4 Å². The molecule has 0 bridgehead atoms. The Balaban J connectivity index is 2.57. The van der Waals surface area contributed by atoms with Crippen molar-refractivity contribution in [3.63, 3.8) is 0 Å². The van der Waals surface area contributed by atoms with E-state index in [-0.39, 0.29) is 5.92 Å². The van der Waals surface area contributed by atoms with E-state index >= 15 is 0 Å². The van der Waals surface area contributed by atoms with Crippen LogP contribution in [0.15, 0.2) is 60.7 Å². The molecule has 0 spiro atoms. The average Bonchev–Trinajstić information content (AvgIpc) is 2.57. The van der Waals surface area contributed by atoms with Crippen LogP contribution in [0.5, 0.6) is 0 Å². The summed E-state index contributed by atoms with van der Waals surface area (Å²) in [4.78, 5) is 15.6. The van der Waals surface area contributed by atoms with Gasteiger partial charge in [0.1, 0.15) is 0 Å². The van der Waals surface area contributed by atoms with Gasteiger partial charge in [-0.05, 0) is 31.6 Å². The number of benzene rings is 2. The fraction of sp³-hybridized carbons (Fsp3) is 0.381. The van der Waals surface area contributed by atoms with Crippen LogP contribution in [0.25, 0.3) is 0 Å². The zero-order valence-electron chi connectivity index (χ0n) is 14.6. The van der Waals surface area contributed by atoms with Crippen molar-refractivity contribution < 1.29 is 4.79 Å². The summed E-state index contributed by atoms with van der Waals surface area (Å²) in [7, 11) is 4.03. The fourth-order valence-electron chi connectivity index (χ4n) is 3.53. The van der Waals surface area contributed by atoms with Gasteiger partial charge in [0.15, 0.2) is 5.78 Å². The second-order valence-corrected chi connectivity index (χ2v) is 6.52. The molecule has 2 heteroatoms. The maximum absolute atomic E-state index is 13.5. The first kappa shape index (κ1) is 17.4. The molecule has 0 amide bonds. The molecular weight excluding hydrogens is 282 g/mol. The van der Waals surface area contributed by atoms with Crippen LogP contribution < -0.4 is 0 Å². The molecule has 0 aliphatic rings. The van der Waals surface area contributed by atoms with E-state index in [1.807, 2.05) is 57.4 Å². The number of hydrogen-bond acceptors (Lipinski definition) is 2. The maximum atomic E-state index is 13.5. The predicted octanol–water partition coefficient (Wildman–Crippen LogP) is 4.15. The summed E-state index contributed by atoms with van der Waals surface area (Å²) in [5.41, 5.74) is 1.60. The molecule has 0 aliphatic carbocycles. The first-order valence-electron chi connectivity index (χ1n) is 8.32. The van der Waals surface area contributed by atoms with E-state index in [1.165, 1.54) is 0 Å². The Morgan fingerprint density at radius 1 is 0.957 bits per heavy atom. The molecule has 122 valence electrons. The van der Waals surface area contributed by atoms with Gasteiger partial charge in [0.2, 0.25) is 0 Å². The Hall–Kier alpha value is -1.93. The molecule has 0 heterocycles. The fourth-order valence-corrected chi connectivity index (χ4v) is 3.53. The van der Waals surface area contributed by atoms with Crippen molar-refractivity contribution in [3.8, 4) is 0 Å². The lowest BCUT2D eigenvalue weighted by molar-refractivity contribution is -0.127. The van der Waals surface area contributed by atoms with E-state index < -0.39 is 5.41 Å². The minimum Gasteiger partial charge on any atom is -0.309 e. The molecule has 0 unspecified atom stereocenters. The van der Waals surface area contributed by atoms with Crippen molar-refractivity contribution in [1.29, 1.82) is 0 Å². The van der Waals surface area contributed by atoms with Gasteiger partial charge in [-0.15, -0.1) is 0 Å². The van der Waals surface area contributed by atoms with E-state index in [0.717, 1.165) is 24.1 Å². The molecule has 23 heavy (non-hydrogen) atoms. The van der Waals surface area contributed by atoms with Crippen molar-refractivity contribution in [2.45, 2.75) is 25.7 Å². The monoisotopic (exact) mass is 309 g/mol. The van der Waals surface area contributed by atoms with E-state index in [1.54, 1.807) is 0 Å². The smallest absolute Gasteiger partial charge is 0.151 e. The lowest BCUT2D eigenvalue weighted by Gasteiger charge is -2.35. The molecular formula is C21H27NO. The molecule has 0 fully saturated rings. The molecule has 0 saturated heterocycles. The van der Waals surface area contributed by atoms with Crippen molar-refractivity contribution in [1.82, 2.24) is 4.90 Å². The molecule has 0 saturated carbocycles. The number of hydrogen-bond donors (Lipinski definition) is 0. The van der Waals surface area contributed by atoms with Gasteiger partial charge in [0, 0.05) is 12.5 Å². The maximum Gasteiger partial charge on any atom is 0.151 e. The Morgan fingerprint density at radius 2 is 1.39 bits per heavy atom. The van der Waals surface area contributed by atoms with Crippen LogP contribution in [-0.4, -0.2) is 31.3 Å². The lowest BCUT2D eigenvalue weighted by atomic mass is 9.66. The number of rotatable bonds is 7. The van der Waals surface area contributed by atoms with E-state index in [2.05, 4.69) is 36.1 Å². The van der Waals surface area contributed by atoms with Crippen molar-refractivity contribution >= 4 is 5.78 Å². The van der Waals surface area contributed by atoms with Crippen molar-refractivity contribution in [3.05, 3.63) is 71.8 Å². The third kappa shape index (κ3) is 3.53. The molecule has 0 aliphatic heterocycles. The van der Waals surface area contributed by atoms with E-state index in [9.17, 15) is 4.79 Å². The van der Waals surface area contributed by atoms with Gasteiger partial charge < -0.3 is 4.90 Å². The zero-order valence-corrected chi connectivity index (χ0v) is 14.6. The third-order valence-electron chi connectivity index (χ3n) is 4.57. The minimum atomic E-state index is -0.571. The summed E-state index contributed by atoms with van der Waals surface area (Å²) < 4.78 is 0. The Morgan fingerprint density at radius 3 is 1.74 bits per heavy atom. The first-order valence-corrected chi connectivity index (χ1v) is 8.32. The molecule has 1 atom stereocenters. The average molecular weight is 309 g/mol. The molecule has 0 N–H and O–H groups in total.